The number of nitriles is 1. The van der Waals surface area contributed by atoms with Crippen molar-refractivity contribution in [3.05, 3.63) is 0 Å². The second kappa shape index (κ2) is 2.84. The van der Waals surface area contributed by atoms with E-state index >= 15 is 0 Å². The van der Waals surface area contributed by atoms with Crippen molar-refractivity contribution in [2.75, 3.05) is 12.4 Å². The van der Waals surface area contributed by atoms with Gasteiger partial charge in [-0.3, -0.25) is 0 Å². The van der Waals surface area contributed by atoms with Crippen molar-refractivity contribution in [2.24, 2.45) is 0 Å². The van der Waals surface area contributed by atoms with Crippen molar-refractivity contribution in [3.8, 4) is 6.07 Å². The van der Waals surface area contributed by atoms with Gasteiger partial charge in [0.1, 0.15) is 5.16 Å². The molecule has 0 aromatic heterocycles. The number of nitrogens with zero attached hydrogens (tertiary/aromatic N) is 1. The molecule has 0 spiro atoms. The Hall–Kier alpha value is 0.0700. The number of rotatable bonds is 0. The van der Waals surface area contributed by atoms with E-state index < -0.39 is 11.5 Å². The quantitative estimate of drug-likeness (QED) is 0.550. The zero-order chi connectivity index (χ0) is 8.54. The lowest BCUT2D eigenvalue weighted by atomic mass is 10.1. The summed E-state index contributed by atoms with van der Waals surface area (Å²) in [5, 5.41) is 8.29. The van der Waals surface area contributed by atoms with E-state index in [9.17, 15) is 4.57 Å². The molecule has 2 nitrogen and oxygen atoms in total. The van der Waals surface area contributed by atoms with Crippen LogP contribution in [-0.4, -0.2) is 17.6 Å². The Labute approximate surface area is 71.5 Å². The van der Waals surface area contributed by atoms with Gasteiger partial charge in [-0.05, 0) is 26.4 Å². The van der Waals surface area contributed by atoms with Crippen LogP contribution in [0.1, 0.15) is 19.8 Å². The Kier molecular flexibility index (Phi) is 2.37. The third kappa shape index (κ3) is 1.48. The van der Waals surface area contributed by atoms with Gasteiger partial charge in [0.2, 0.25) is 0 Å². The molecular formula is C7H12NOPS. The normalized spacial score (nSPS) is 44.8. The molecular weight excluding hydrogens is 177 g/mol. The Bertz CT molecular complexity index is 247. The van der Waals surface area contributed by atoms with Crippen LogP contribution in [0.2, 0.25) is 0 Å². The van der Waals surface area contributed by atoms with Crippen LogP contribution in [0.4, 0.5) is 0 Å². The lowest BCUT2D eigenvalue weighted by molar-refractivity contribution is 0.555. The summed E-state index contributed by atoms with van der Waals surface area (Å²) in [5.74, 6) is 0.949. The minimum absolute atomic E-state index is 0.560. The van der Waals surface area contributed by atoms with E-state index in [1.54, 1.807) is 6.66 Å². The molecule has 62 valence electrons. The van der Waals surface area contributed by atoms with E-state index in [1.807, 2.05) is 6.92 Å². The first kappa shape index (κ1) is 9.16. The van der Waals surface area contributed by atoms with Crippen LogP contribution in [0.3, 0.4) is 0 Å². The highest BCUT2D eigenvalue weighted by Crippen LogP contribution is 2.69. The first-order valence-electron chi connectivity index (χ1n) is 3.65. The van der Waals surface area contributed by atoms with Crippen LogP contribution in [-0.2, 0) is 4.57 Å². The zero-order valence-corrected chi connectivity index (χ0v) is 8.54. The molecule has 0 bridgehead atoms. The smallest absolute Gasteiger partial charge is 0.155 e. The molecule has 1 fully saturated rings. The Balaban J connectivity index is 2.95. The van der Waals surface area contributed by atoms with E-state index in [0.717, 1.165) is 18.6 Å². The maximum atomic E-state index is 11.9. The standard InChI is InChI=1S/C7H12NOPS/c1-7(6-8)4-3-5-11-10(7,2)9/h3-5H2,1-2H3. The maximum Gasteiger partial charge on any atom is 0.155 e. The summed E-state index contributed by atoms with van der Waals surface area (Å²) in [6.45, 7) is 3.56. The average molecular weight is 189 g/mol. The molecule has 0 amide bonds. The summed E-state index contributed by atoms with van der Waals surface area (Å²) in [4.78, 5) is 0. The third-order valence-corrected chi connectivity index (χ3v) is 8.60. The average Bonchev–Trinajstić information content (AvgIpc) is 1.95. The molecule has 1 saturated heterocycles. The fourth-order valence-corrected chi connectivity index (χ4v) is 5.48. The van der Waals surface area contributed by atoms with Crippen molar-refractivity contribution in [1.82, 2.24) is 0 Å². The molecule has 1 heterocycles. The minimum Gasteiger partial charge on any atom is -0.311 e. The van der Waals surface area contributed by atoms with Crippen LogP contribution in [0.5, 0.6) is 0 Å². The number of hydrogen-bond acceptors (Lipinski definition) is 3. The molecule has 1 aliphatic rings. The Morgan fingerprint density at radius 2 is 2.36 bits per heavy atom. The van der Waals surface area contributed by atoms with Crippen LogP contribution in [0, 0.1) is 11.3 Å². The van der Waals surface area contributed by atoms with Gasteiger partial charge >= 0.3 is 0 Å². The Morgan fingerprint density at radius 1 is 1.73 bits per heavy atom. The second-order valence-electron chi connectivity index (χ2n) is 3.17. The molecule has 11 heavy (non-hydrogen) atoms. The fourth-order valence-electron chi connectivity index (χ4n) is 1.15. The first-order valence-corrected chi connectivity index (χ1v) is 7.40. The first-order chi connectivity index (χ1) is 5.02. The lowest BCUT2D eigenvalue weighted by Gasteiger charge is -2.32. The van der Waals surface area contributed by atoms with E-state index in [1.165, 1.54) is 11.4 Å². The lowest BCUT2D eigenvalue weighted by Crippen LogP contribution is -2.24. The van der Waals surface area contributed by atoms with Gasteiger partial charge < -0.3 is 4.57 Å². The van der Waals surface area contributed by atoms with E-state index in [-0.39, 0.29) is 0 Å². The van der Waals surface area contributed by atoms with Gasteiger partial charge in [0.05, 0.1) is 6.07 Å². The van der Waals surface area contributed by atoms with Gasteiger partial charge in [-0.25, -0.2) is 0 Å². The summed E-state index contributed by atoms with van der Waals surface area (Å²) in [6, 6.07) is 2.19. The van der Waals surface area contributed by atoms with Crippen LogP contribution in [0.15, 0.2) is 0 Å². The SMILES string of the molecule is CC1(C#N)CCCSP1(C)=O. The van der Waals surface area contributed by atoms with E-state index in [0.29, 0.717) is 0 Å². The van der Waals surface area contributed by atoms with Gasteiger partial charge in [0.25, 0.3) is 0 Å². The summed E-state index contributed by atoms with van der Waals surface area (Å²) < 4.78 is 11.9. The van der Waals surface area contributed by atoms with Crippen molar-refractivity contribution in [2.45, 2.75) is 24.9 Å². The molecule has 2 atom stereocenters. The van der Waals surface area contributed by atoms with Crippen molar-refractivity contribution < 1.29 is 4.57 Å². The van der Waals surface area contributed by atoms with Crippen molar-refractivity contribution in [1.29, 1.82) is 5.26 Å². The minimum atomic E-state index is -2.25. The topological polar surface area (TPSA) is 40.9 Å². The van der Waals surface area contributed by atoms with Crippen molar-refractivity contribution >= 4 is 17.7 Å². The molecule has 0 aromatic rings. The third-order valence-electron chi connectivity index (χ3n) is 2.28. The highest BCUT2D eigenvalue weighted by molar-refractivity contribution is 8.58. The summed E-state index contributed by atoms with van der Waals surface area (Å²) in [5.41, 5.74) is 0. The monoisotopic (exact) mass is 189 g/mol. The summed E-state index contributed by atoms with van der Waals surface area (Å²) in [7, 11) is 0. The van der Waals surface area contributed by atoms with Gasteiger partial charge in [-0.15, -0.1) is 0 Å². The van der Waals surface area contributed by atoms with Gasteiger partial charge in [0.15, 0.2) is 6.34 Å². The summed E-state index contributed by atoms with van der Waals surface area (Å²) in [6.07, 6.45) is -0.437. The summed E-state index contributed by atoms with van der Waals surface area (Å²) >= 11 is 1.48. The van der Waals surface area contributed by atoms with E-state index in [2.05, 4.69) is 6.07 Å². The predicted octanol–water partition coefficient (Wildman–Crippen LogP) is 2.70. The number of hydrogen-bond donors (Lipinski definition) is 0. The largest absolute Gasteiger partial charge is 0.311 e. The van der Waals surface area contributed by atoms with Crippen molar-refractivity contribution in [3.63, 3.8) is 0 Å². The van der Waals surface area contributed by atoms with Gasteiger partial charge in [-0.2, -0.15) is 5.26 Å². The van der Waals surface area contributed by atoms with Crippen LogP contribution in [0.25, 0.3) is 0 Å². The zero-order valence-electron chi connectivity index (χ0n) is 6.83. The molecule has 0 radical (unpaired) electrons. The molecule has 0 aromatic carbocycles. The van der Waals surface area contributed by atoms with Crippen LogP contribution < -0.4 is 0 Å². The maximum absolute atomic E-state index is 11.9. The molecule has 0 aliphatic carbocycles. The second-order valence-corrected chi connectivity index (χ2v) is 9.38. The van der Waals surface area contributed by atoms with Gasteiger partial charge in [0, 0.05) is 5.75 Å². The van der Waals surface area contributed by atoms with Gasteiger partial charge in [-0.1, -0.05) is 11.4 Å². The molecule has 1 rings (SSSR count). The molecule has 0 N–H and O–H groups in total. The van der Waals surface area contributed by atoms with E-state index in [4.69, 9.17) is 5.26 Å². The Morgan fingerprint density at radius 3 is 2.73 bits per heavy atom. The molecule has 1 aliphatic heterocycles. The predicted molar refractivity (Wildman–Crippen MR) is 49.2 cm³/mol. The van der Waals surface area contributed by atoms with Crippen LogP contribution >= 0.6 is 17.7 Å². The highest BCUT2D eigenvalue weighted by Gasteiger charge is 2.43. The molecule has 2 unspecified atom stereocenters. The molecule has 4 heteroatoms. The molecule has 0 saturated carbocycles. The fraction of sp³-hybridized carbons (Fsp3) is 0.857. The highest BCUT2D eigenvalue weighted by atomic mass is 32.7.